The minimum absolute atomic E-state index is 0.284. The second-order valence-corrected chi connectivity index (χ2v) is 9.10. The monoisotopic (exact) mass is 543 g/mol. The molecule has 1 amide bonds. The average molecular weight is 544 g/mol. The number of carbonyl (C=O) groups excluding carboxylic acids is 1. The van der Waals surface area contributed by atoms with Gasteiger partial charge >= 0.3 is 0 Å². The van der Waals surface area contributed by atoms with Gasteiger partial charge in [-0.25, -0.2) is 5.43 Å². The standard InChI is InChI=1S/C34H29N3O4/c38-34(37-36-22-26-16-18-35-19-17-26)30-20-31(39-23-27-10-4-1-5-11-27)33(41-25-29-14-8-3-9-15-29)32(21-30)40-24-28-12-6-2-7-13-28/h1-22H,23-25H2,(H,37,38)/b36-22+. The SMILES string of the molecule is O=C(N/N=C/c1ccncc1)c1cc(OCc2ccccc2)c(OCc2ccccc2)c(OCc2ccccc2)c1. The van der Waals surface area contributed by atoms with Crippen molar-refractivity contribution in [2.24, 2.45) is 5.10 Å². The number of pyridine rings is 1. The van der Waals surface area contributed by atoms with Crippen LogP contribution in [0.15, 0.2) is 133 Å². The van der Waals surface area contributed by atoms with Crippen molar-refractivity contribution in [1.82, 2.24) is 10.4 Å². The molecule has 204 valence electrons. The van der Waals surface area contributed by atoms with Crippen molar-refractivity contribution in [3.05, 3.63) is 155 Å². The number of rotatable bonds is 12. The molecule has 7 nitrogen and oxygen atoms in total. The van der Waals surface area contributed by atoms with Crippen LogP contribution in [0.5, 0.6) is 17.2 Å². The summed E-state index contributed by atoms with van der Waals surface area (Å²) in [5.74, 6) is 0.772. The molecule has 0 unspecified atom stereocenters. The molecule has 4 aromatic carbocycles. The molecular weight excluding hydrogens is 514 g/mol. The van der Waals surface area contributed by atoms with Gasteiger partial charge in [0.1, 0.15) is 19.8 Å². The van der Waals surface area contributed by atoms with Crippen LogP contribution in [0, 0.1) is 0 Å². The van der Waals surface area contributed by atoms with Crippen molar-refractivity contribution in [3.8, 4) is 17.2 Å². The lowest BCUT2D eigenvalue weighted by Crippen LogP contribution is -2.18. The molecule has 0 aliphatic rings. The van der Waals surface area contributed by atoms with E-state index in [1.165, 1.54) is 0 Å². The van der Waals surface area contributed by atoms with Crippen LogP contribution in [0.1, 0.15) is 32.6 Å². The van der Waals surface area contributed by atoms with E-state index in [-0.39, 0.29) is 13.2 Å². The second kappa shape index (κ2) is 14.1. The molecule has 5 aromatic rings. The molecule has 0 bridgehead atoms. The fourth-order valence-electron chi connectivity index (χ4n) is 3.94. The number of hydrogen-bond donors (Lipinski definition) is 1. The van der Waals surface area contributed by atoms with Crippen molar-refractivity contribution in [2.45, 2.75) is 19.8 Å². The molecule has 0 radical (unpaired) electrons. The fraction of sp³-hybridized carbons (Fsp3) is 0.0882. The van der Waals surface area contributed by atoms with Crippen LogP contribution in [0.3, 0.4) is 0 Å². The quantitative estimate of drug-likeness (QED) is 0.142. The normalized spacial score (nSPS) is 10.7. The Labute approximate surface area is 239 Å². The van der Waals surface area contributed by atoms with Gasteiger partial charge in [-0.05, 0) is 46.5 Å². The van der Waals surface area contributed by atoms with E-state index in [1.807, 2.05) is 91.0 Å². The van der Waals surface area contributed by atoms with Crippen LogP contribution >= 0.6 is 0 Å². The maximum absolute atomic E-state index is 13.2. The molecular formula is C34H29N3O4. The van der Waals surface area contributed by atoms with Crippen LogP contribution in [0.2, 0.25) is 0 Å². The van der Waals surface area contributed by atoms with Gasteiger partial charge < -0.3 is 14.2 Å². The predicted octanol–water partition coefficient (Wildman–Crippen LogP) is 6.58. The number of nitrogens with one attached hydrogen (secondary N) is 1. The lowest BCUT2D eigenvalue weighted by Gasteiger charge is -2.19. The summed E-state index contributed by atoms with van der Waals surface area (Å²) in [6.45, 7) is 0.865. The van der Waals surface area contributed by atoms with E-state index in [0.717, 1.165) is 22.3 Å². The zero-order valence-electron chi connectivity index (χ0n) is 22.4. The highest BCUT2D eigenvalue weighted by Gasteiger charge is 2.20. The van der Waals surface area contributed by atoms with Gasteiger partial charge in [-0.1, -0.05) is 91.0 Å². The first-order valence-corrected chi connectivity index (χ1v) is 13.2. The molecule has 0 saturated carbocycles. The van der Waals surface area contributed by atoms with Crippen LogP contribution in [0.25, 0.3) is 0 Å². The topological polar surface area (TPSA) is 82.0 Å². The van der Waals surface area contributed by atoms with Crippen LogP contribution in [-0.2, 0) is 19.8 Å². The summed E-state index contributed by atoms with van der Waals surface area (Å²) >= 11 is 0. The summed E-state index contributed by atoms with van der Waals surface area (Å²) in [5.41, 5.74) is 6.65. The van der Waals surface area contributed by atoms with Gasteiger partial charge in [-0.2, -0.15) is 5.10 Å². The highest BCUT2D eigenvalue weighted by Crippen LogP contribution is 2.40. The third-order valence-corrected chi connectivity index (χ3v) is 6.07. The Balaban J connectivity index is 1.45. The Hall–Kier alpha value is -5.43. The summed E-state index contributed by atoms with van der Waals surface area (Å²) in [6.07, 6.45) is 4.87. The van der Waals surface area contributed by atoms with Crippen molar-refractivity contribution in [2.75, 3.05) is 0 Å². The maximum Gasteiger partial charge on any atom is 0.271 e. The van der Waals surface area contributed by atoms with Crippen molar-refractivity contribution in [3.63, 3.8) is 0 Å². The zero-order chi connectivity index (χ0) is 28.1. The number of hydrogen-bond acceptors (Lipinski definition) is 6. The first-order chi connectivity index (χ1) is 20.2. The molecule has 0 atom stereocenters. The molecule has 1 aromatic heterocycles. The second-order valence-electron chi connectivity index (χ2n) is 9.10. The van der Waals surface area contributed by atoms with Crippen LogP contribution in [-0.4, -0.2) is 17.1 Å². The summed E-state index contributed by atoms with van der Waals surface area (Å²) in [4.78, 5) is 17.2. The van der Waals surface area contributed by atoms with Gasteiger partial charge in [0.05, 0.1) is 6.21 Å². The van der Waals surface area contributed by atoms with Crippen molar-refractivity contribution in [1.29, 1.82) is 0 Å². The molecule has 7 heteroatoms. The number of carbonyl (C=O) groups is 1. The minimum atomic E-state index is -0.418. The number of nitrogens with zero attached hydrogens (tertiary/aromatic N) is 2. The third-order valence-electron chi connectivity index (χ3n) is 6.07. The molecule has 0 spiro atoms. The van der Waals surface area contributed by atoms with Gasteiger partial charge in [0.25, 0.3) is 5.91 Å². The maximum atomic E-state index is 13.2. The van der Waals surface area contributed by atoms with E-state index in [4.69, 9.17) is 14.2 Å². The van der Waals surface area contributed by atoms with Crippen molar-refractivity contribution < 1.29 is 19.0 Å². The Morgan fingerprint density at radius 2 is 1.12 bits per heavy atom. The summed E-state index contributed by atoms with van der Waals surface area (Å²) in [7, 11) is 0. The molecule has 5 rings (SSSR count). The van der Waals surface area contributed by atoms with Gasteiger partial charge in [-0.3, -0.25) is 9.78 Å². The summed E-state index contributed by atoms with van der Waals surface area (Å²) in [6, 6.07) is 36.3. The molecule has 0 saturated heterocycles. The highest BCUT2D eigenvalue weighted by molar-refractivity contribution is 5.96. The molecule has 0 aliphatic carbocycles. The summed E-state index contributed by atoms with van der Waals surface area (Å²) < 4.78 is 18.8. The number of benzene rings is 4. The van der Waals surface area contributed by atoms with Gasteiger partial charge in [-0.15, -0.1) is 0 Å². The third kappa shape index (κ3) is 8.03. The zero-order valence-corrected chi connectivity index (χ0v) is 22.4. The highest BCUT2D eigenvalue weighted by atomic mass is 16.5. The van der Waals surface area contributed by atoms with E-state index >= 15 is 0 Å². The lowest BCUT2D eigenvalue weighted by atomic mass is 10.1. The largest absolute Gasteiger partial charge is 0.485 e. The fourth-order valence-corrected chi connectivity index (χ4v) is 3.94. The number of amides is 1. The Morgan fingerprint density at radius 1 is 0.659 bits per heavy atom. The van der Waals surface area contributed by atoms with Crippen molar-refractivity contribution >= 4 is 12.1 Å². The first-order valence-electron chi connectivity index (χ1n) is 13.2. The van der Waals surface area contributed by atoms with E-state index in [1.54, 1.807) is 42.9 Å². The summed E-state index contributed by atoms with van der Waals surface area (Å²) in [5, 5.41) is 4.10. The number of ether oxygens (including phenoxy) is 3. The molecule has 0 fully saturated rings. The van der Waals surface area contributed by atoms with Gasteiger partial charge in [0.2, 0.25) is 5.75 Å². The average Bonchev–Trinajstić information content (AvgIpc) is 3.04. The molecule has 41 heavy (non-hydrogen) atoms. The lowest BCUT2D eigenvalue weighted by molar-refractivity contribution is 0.0953. The smallest absolute Gasteiger partial charge is 0.271 e. The number of hydrazone groups is 1. The Bertz CT molecular complexity index is 1500. The van der Waals surface area contributed by atoms with Gasteiger partial charge in [0.15, 0.2) is 11.5 Å². The Morgan fingerprint density at radius 3 is 1.61 bits per heavy atom. The van der Waals surface area contributed by atoms with Crippen LogP contribution in [0.4, 0.5) is 0 Å². The van der Waals surface area contributed by atoms with E-state index in [2.05, 4.69) is 15.5 Å². The molecule has 1 N–H and O–H groups in total. The minimum Gasteiger partial charge on any atom is -0.485 e. The molecule has 1 heterocycles. The van der Waals surface area contributed by atoms with Gasteiger partial charge in [0, 0.05) is 18.0 Å². The molecule has 0 aliphatic heterocycles. The van der Waals surface area contributed by atoms with E-state index < -0.39 is 5.91 Å². The number of aromatic nitrogens is 1. The van der Waals surface area contributed by atoms with Crippen LogP contribution < -0.4 is 19.6 Å². The predicted molar refractivity (Wildman–Crippen MR) is 158 cm³/mol. The first kappa shape index (κ1) is 27.1. The van der Waals surface area contributed by atoms with E-state index in [0.29, 0.717) is 29.4 Å². The van der Waals surface area contributed by atoms with E-state index in [9.17, 15) is 4.79 Å². The Kier molecular flexibility index (Phi) is 9.33.